The molecule has 2 aromatic rings. The normalized spacial score (nSPS) is 10.3. The number of halogens is 5. The molecule has 0 aliphatic rings. The quantitative estimate of drug-likeness (QED) is 0.475. The molecule has 0 radical (unpaired) electrons. The van der Waals surface area contributed by atoms with Crippen LogP contribution < -0.4 is 4.90 Å². The van der Waals surface area contributed by atoms with Gasteiger partial charge < -0.3 is 4.90 Å². The predicted molar refractivity (Wildman–Crippen MR) is 65.5 cm³/mol. The minimum atomic E-state index is -2.21. The van der Waals surface area contributed by atoms with Crippen molar-refractivity contribution in [3.05, 3.63) is 58.9 Å². The van der Waals surface area contributed by atoms with Gasteiger partial charge in [-0.25, -0.2) is 22.0 Å². The number of rotatable bonds is 2. The zero-order valence-electron chi connectivity index (χ0n) is 10.6. The van der Waals surface area contributed by atoms with E-state index in [1.54, 1.807) is 0 Å². The van der Waals surface area contributed by atoms with E-state index < -0.39 is 34.8 Å². The minimum absolute atomic E-state index is 0.164. The highest BCUT2D eigenvalue weighted by atomic mass is 19.2. The summed E-state index contributed by atoms with van der Waals surface area (Å²) in [6.45, 7) is 0. The van der Waals surface area contributed by atoms with Crippen LogP contribution in [0.4, 0.5) is 33.3 Å². The Hall–Kier alpha value is -2.62. The zero-order valence-corrected chi connectivity index (χ0v) is 10.6. The van der Waals surface area contributed by atoms with Crippen LogP contribution in [0, 0.1) is 40.4 Å². The minimum Gasteiger partial charge on any atom is -0.340 e. The third-order valence-electron chi connectivity index (χ3n) is 2.91. The van der Waals surface area contributed by atoms with Crippen LogP contribution in [0.5, 0.6) is 0 Å². The zero-order chi connectivity index (χ0) is 15.7. The van der Waals surface area contributed by atoms with Gasteiger partial charge in [-0.2, -0.15) is 5.26 Å². The molecule has 0 unspecified atom stereocenters. The summed E-state index contributed by atoms with van der Waals surface area (Å²) in [6.07, 6.45) is 0. The van der Waals surface area contributed by atoms with Crippen molar-refractivity contribution in [1.82, 2.24) is 0 Å². The van der Waals surface area contributed by atoms with E-state index in [9.17, 15) is 22.0 Å². The van der Waals surface area contributed by atoms with Crippen LogP contribution >= 0.6 is 0 Å². The summed E-state index contributed by atoms with van der Waals surface area (Å²) in [5, 5.41) is 8.65. The molecule has 0 aliphatic heterocycles. The number of nitrogens with zero attached hydrogens (tertiary/aromatic N) is 2. The number of nitriles is 1. The molecule has 0 bridgehead atoms. The third kappa shape index (κ3) is 2.40. The first-order valence-corrected chi connectivity index (χ1v) is 5.63. The van der Waals surface area contributed by atoms with E-state index in [2.05, 4.69) is 0 Å². The van der Waals surface area contributed by atoms with Gasteiger partial charge in [-0.15, -0.1) is 0 Å². The molecule has 7 heteroatoms. The fraction of sp³-hybridized carbons (Fsp3) is 0.0714. The van der Waals surface area contributed by atoms with Gasteiger partial charge in [0.15, 0.2) is 23.3 Å². The van der Waals surface area contributed by atoms with Crippen molar-refractivity contribution in [3.63, 3.8) is 0 Å². The van der Waals surface area contributed by atoms with Gasteiger partial charge in [0, 0.05) is 12.7 Å². The Morgan fingerprint density at radius 2 is 1.24 bits per heavy atom. The molecule has 0 fully saturated rings. The number of benzene rings is 2. The molecular weight excluding hydrogens is 291 g/mol. The number of hydrogen-bond donors (Lipinski definition) is 0. The molecule has 0 aliphatic carbocycles. The van der Waals surface area contributed by atoms with Crippen molar-refractivity contribution in [1.29, 1.82) is 5.26 Å². The molecule has 2 aromatic carbocycles. The molecule has 0 saturated heterocycles. The molecule has 0 amide bonds. The SMILES string of the molecule is CN(c1ccc(C#N)cc1)c1c(F)c(F)c(F)c(F)c1F. The maximum atomic E-state index is 13.7. The van der Waals surface area contributed by atoms with Crippen LogP contribution in [0.25, 0.3) is 0 Å². The van der Waals surface area contributed by atoms with Gasteiger partial charge in [-0.05, 0) is 24.3 Å². The van der Waals surface area contributed by atoms with E-state index in [-0.39, 0.29) is 5.69 Å². The van der Waals surface area contributed by atoms with Crippen molar-refractivity contribution >= 4 is 11.4 Å². The second-order valence-electron chi connectivity index (χ2n) is 4.14. The van der Waals surface area contributed by atoms with Gasteiger partial charge in [0.25, 0.3) is 0 Å². The van der Waals surface area contributed by atoms with Gasteiger partial charge >= 0.3 is 0 Å². The highest BCUT2D eigenvalue weighted by Gasteiger charge is 2.28. The van der Waals surface area contributed by atoms with E-state index >= 15 is 0 Å². The molecule has 0 heterocycles. The van der Waals surface area contributed by atoms with Crippen LogP contribution in [0.3, 0.4) is 0 Å². The number of hydrogen-bond acceptors (Lipinski definition) is 2. The van der Waals surface area contributed by atoms with Crippen molar-refractivity contribution in [2.24, 2.45) is 0 Å². The second kappa shape index (κ2) is 5.40. The Kier molecular flexibility index (Phi) is 3.80. The Balaban J connectivity index is 2.58. The van der Waals surface area contributed by atoms with Crippen LogP contribution in [0.2, 0.25) is 0 Å². The summed E-state index contributed by atoms with van der Waals surface area (Å²) in [7, 11) is 1.15. The fourth-order valence-electron chi connectivity index (χ4n) is 1.78. The molecular formula is C14H7F5N2. The highest BCUT2D eigenvalue weighted by Crippen LogP contribution is 2.33. The van der Waals surface area contributed by atoms with Crippen LogP contribution in [-0.2, 0) is 0 Å². The second-order valence-corrected chi connectivity index (χ2v) is 4.14. The van der Waals surface area contributed by atoms with E-state index in [0.29, 0.717) is 5.56 Å². The van der Waals surface area contributed by atoms with E-state index in [1.807, 2.05) is 6.07 Å². The molecule has 2 rings (SSSR count). The van der Waals surface area contributed by atoms with Gasteiger partial charge in [0.05, 0.1) is 11.6 Å². The van der Waals surface area contributed by atoms with Gasteiger partial charge in [-0.3, -0.25) is 0 Å². The molecule has 0 N–H and O–H groups in total. The van der Waals surface area contributed by atoms with Crippen molar-refractivity contribution in [2.45, 2.75) is 0 Å². The summed E-state index contributed by atoms with van der Waals surface area (Å²) in [6, 6.07) is 7.22. The Morgan fingerprint density at radius 3 is 1.67 bits per heavy atom. The lowest BCUT2D eigenvalue weighted by atomic mass is 10.2. The lowest BCUT2D eigenvalue weighted by Gasteiger charge is -2.21. The molecule has 0 saturated carbocycles. The first-order chi connectivity index (χ1) is 9.88. The van der Waals surface area contributed by atoms with Crippen molar-refractivity contribution in [2.75, 3.05) is 11.9 Å². The molecule has 0 atom stereocenters. The van der Waals surface area contributed by atoms with Crippen LogP contribution in [0.15, 0.2) is 24.3 Å². The van der Waals surface area contributed by atoms with E-state index in [4.69, 9.17) is 5.26 Å². The van der Waals surface area contributed by atoms with Crippen molar-refractivity contribution < 1.29 is 22.0 Å². The summed E-state index contributed by atoms with van der Waals surface area (Å²) in [5.41, 5.74) is -0.599. The average Bonchev–Trinajstić information content (AvgIpc) is 2.51. The van der Waals surface area contributed by atoms with Crippen LogP contribution in [-0.4, -0.2) is 7.05 Å². The first kappa shape index (κ1) is 14.8. The highest BCUT2D eigenvalue weighted by molar-refractivity contribution is 5.64. The summed E-state index contributed by atoms with van der Waals surface area (Å²) in [5.74, 6) is -10.1. The molecule has 21 heavy (non-hydrogen) atoms. The molecule has 0 aromatic heterocycles. The Morgan fingerprint density at radius 1 is 0.810 bits per heavy atom. The Bertz CT molecular complexity index is 706. The summed E-state index contributed by atoms with van der Waals surface area (Å²) >= 11 is 0. The molecule has 108 valence electrons. The van der Waals surface area contributed by atoms with Crippen molar-refractivity contribution in [3.8, 4) is 6.07 Å². The van der Waals surface area contributed by atoms with Crippen LogP contribution in [0.1, 0.15) is 5.56 Å². The largest absolute Gasteiger partial charge is 0.340 e. The summed E-state index contributed by atoms with van der Waals surface area (Å²) < 4.78 is 66.7. The van der Waals surface area contributed by atoms with Gasteiger partial charge in [-0.1, -0.05) is 0 Å². The monoisotopic (exact) mass is 298 g/mol. The maximum absolute atomic E-state index is 13.7. The van der Waals surface area contributed by atoms with E-state index in [0.717, 1.165) is 11.9 Å². The fourth-order valence-corrected chi connectivity index (χ4v) is 1.78. The van der Waals surface area contributed by atoms with Gasteiger partial charge in [0.2, 0.25) is 5.82 Å². The Labute approximate surface area is 116 Å². The lowest BCUT2D eigenvalue weighted by Crippen LogP contribution is -2.16. The van der Waals surface area contributed by atoms with Gasteiger partial charge in [0.1, 0.15) is 5.69 Å². The topological polar surface area (TPSA) is 27.0 Å². The lowest BCUT2D eigenvalue weighted by molar-refractivity contribution is 0.380. The number of anilines is 2. The summed E-state index contributed by atoms with van der Waals surface area (Å²) in [4.78, 5) is 0.817. The smallest absolute Gasteiger partial charge is 0.200 e. The molecule has 0 spiro atoms. The molecule has 2 nitrogen and oxygen atoms in total. The average molecular weight is 298 g/mol. The third-order valence-corrected chi connectivity index (χ3v) is 2.91. The standard InChI is InChI=1S/C14H7F5N2/c1-21(8-4-2-7(6-20)3-5-8)14-12(18)10(16)9(15)11(17)13(14)19/h2-5H,1H3. The predicted octanol–water partition coefficient (Wildman–Crippen LogP) is 4.02. The maximum Gasteiger partial charge on any atom is 0.200 e. The first-order valence-electron chi connectivity index (χ1n) is 5.63. The van der Waals surface area contributed by atoms with E-state index in [1.165, 1.54) is 24.3 Å².